The van der Waals surface area contributed by atoms with Gasteiger partial charge in [0, 0.05) is 44.8 Å². The smallest absolute Gasteiger partial charge is 0.191 e. The van der Waals surface area contributed by atoms with Gasteiger partial charge >= 0.3 is 0 Å². The van der Waals surface area contributed by atoms with Crippen molar-refractivity contribution in [3.05, 3.63) is 0 Å². The van der Waals surface area contributed by atoms with Crippen molar-refractivity contribution in [3.63, 3.8) is 0 Å². The predicted octanol–water partition coefficient (Wildman–Crippen LogP) is -0.440. The fourth-order valence-electron chi connectivity index (χ4n) is 2.30. The van der Waals surface area contributed by atoms with Crippen molar-refractivity contribution in [3.8, 4) is 0 Å². The Kier molecular flexibility index (Phi) is 4.23. The van der Waals surface area contributed by atoms with Gasteiger partial charge in [-0.2, -0.15) is 0 Å². The molecule has 2 N–H and O–H groups in total. The molecule has 98 valence electrons. The van der Waals surface area contributed by atoms with Crippen LogP contribution in [0.5, 0.6) is 0 Å². The number of hydrogen-bond acceptors (Lipinski definition) is 5. The van der Waals surface area contributed by atoms with Crippen molar-refractivity contribution in [2.45, 2.75) is 25.9 Å². The highest BCUT2D eigenvalue weighted by Crippen LogP contribution is 2.04. The minimum atomic E-state index is 0.483. The van der Waals surface area contributed by atoms with E-state index in [0.717, 1.165) is 19.0 Å². The van der Waals surface area contributed by atoms with Crippen LogP contribution >= 0.6 is 0 Å². The molecule has 2 atom stereocenters. The Balaban J connectivity index is 1.68. The molecular formula is C12H25N5. The summed E-state index contributed by atoms with van der Waals surface area (Å²) >= 11 is 0. The van der Waals surface area contributed by atoms with Crippen LogP contribution in [-0.2, 0) is 0 Å². The third-order valence-electron chi connectivity index (χ3n) is 3.63. The van der Waals surface area contributed by atoms with Gasteiger partial charge in [0.2, 0.25) is 0 Å². The van der Waals surface area contributed by atoms with Crippen molar-refractivity contribution in [2.75, 3.05) is 46.3 Å². The molecular weight excluding hydrogens is 214 g/mol. The molecule has 0 saturated carbocycles. The summed E-state index contributed by atoms with van der Waals surface area (Å²) < 4.78 is 0. The highest BCUT2D eigenvalue weighted by molar-refractivity contribution is 5.81. The molecule has 0 aliphatic carbocycles. The van der Waals surface area contributed by atoms with Crippen LogP contribution in [0.1, 0.15) is 13.8 Å². The maximum absolute atomic E-state index is 4.41. The van der Waals surface area contributed by atoms with Gasteiger partial charge in [-0.3, -0.25) is 9.89 Å². The largest absolute Gasteiger partial charge is 0.355 e. The van der Waals surface area contributed by atoms with Gasteiger partial charge in [-0.1, -0.05) is 0 Å². The molecule has 0 radical (unpaired) electrons. The van der Waals surface area contributed by atoms with Gasteiger partial charge < -0.3 is 15.5 Å². The van der Waals surface area contributed by atoms with Crippen molar-refractivity contribution < 1.29 is 0 Å². The molecule has 0 amide bonds. The van der Waals surface area contributed by atoms with Crippen LogP contribution in [0.2, 0.25) is 0 Å². The fourth-order valence-corrected chi connectivity index (χ4v) is 2.30. The van der Waals surface area contributed by atoms with Crippen molar-refractivity contribution in [2.24, 2.45) is 4.99 Å². The lowest BCUT2D eigenvalue weighted by atomic mass is 10.2. The molecule has 2 rings (SSSR count). The van der Waals surface area contributed by atoms with Crippen LogP contribution in [0.25, 0.3) is 0 Å². The number of guanidine groups is 1. The van der Waals surface area contributed by atoms with Gasteiger partial charge in [0.05, 0.1) is 6.54 Å². The Hall–Kier alpha value is -0.810. The van der Waals surface area contributed by atoms with Crippen LogP contribution in [0.4, 0.5) is 0 Å². The maximum atomic E-state index is 4.41. The summed E-state index contributed by atoms with van der Waals surface area (Å²) in [5, 5.41) is 6.74. The molecule has 0 spiro atoms. The summed E-state index contributed by atoms with van der Waals surface area (Å²) in [6.07, 6.45) is 0. The first-order valence-corrected chi connectivity index (χ1v) is 6.62. The van der Waals surface area contributed by atoms with Crippen molar-refractivity contribution in [1.29, 1.82) is 0 Å². The van der Waals surface area contributed by atoms with E-state index in [-0.39, 0.29) is 0 Å². The maximum Gasteiger partial charge on any atom is 0.191 e. The highest BCUT2D eigenvalue weighted by Gasteiger charge is 2.20. The van der Waals surface area contributed by atoms with Crippen LogP contribution in [0, 0.1) is 0 Å². The number of hydrogen-bond donors (Lipinski definition) is 2. The molecule has 5 heteroatoms. The summed E-state index contributed by atoms with van der Waals surface area (Å²) in [6.45, 7) is 11.0. The zero-order valence-electron chi connectivity index (χ0n) is 11.2. The molecule has 2 aliphatic rings. The molecule has 2 unspecified atom stereocenters. The zero-order valence-corrected chi connectivity index (χ0v) is 11.2. The van der Waals surface area contributed by atoms with Gasteiger partial charge in [-0.05, 0) is 20.9 Å². The first kappa shape index (κ1) is 12.6. The number of likely N-dealkylation sites (N-methyl/N-ethyl adjacent to an activating group) is 1. The molecule has 1 saturated heterocycles. The Morgan fingerprint density at radius 3 is 2.71 bits per heavy atom. The number of nitrogens with one attached hydrogen (secondary N) is 2. The number of rotatable bonds is 3. The minimum absolute atomic E-state index is 0.483. The van der Waals surface area contributed by atoms with E-state index in [1.54, 1.807) is 0 Å². The van der Waals surface area contributed by atoms with Crippen LogP contribution < -0.4 is 10.6 Å². The molecule has 1 fully saturated rings. The van der Waals surface area contributed by atoms with E-state index in [2.05, 4.69) is 46.3 Å². The molecule has 17 heavy (non-hydrogen) atoms. The quantitative estimate of drug-likeness (QED) is 0.701. The van der Waals surface area contributed by atoms with E-state index in [4.69, 9.17) is 0 Å². The number of aliphatic imine (C=N–C) groups is 1. The molecule has 2 aliphatic heterocycles. The Bertz CT molecular complexity index is 270. The summed E-state index contributed by atoms with van der Waals surface area (Å²) in [6, 6.07) is 1.06. The van der Waals surface area contributed by atoms with Gasteiger partial charge in [-0.15, -0.1) is 0 Å². The first-order valence-electron chi connectivity index (χ1n) is 6.62. The van der Waals surface area contributed by atoms with Crippen molar-refractivity contribution >= 4 is 5.96 Å². The second kappa shape index (κ2) is 5.69. The molecule has 0 bridgehead atoms. The summed E-state index contributed by atoms with van der Waals surface area (Å²) in [5.74, 6) is 0.971. The van der Waals surface area contributed by atoms with Crippen LogP contribution in [0.3, 0.4) is 0 Å². The van der Waals surface area contributed by atoms with E-state index < -0.39 is 0 Å². The predicted molar refractivity (Wildman–Crippen MR) is 71.4 cm³/mol. The Morgan fingerprint density at radius 1 is 1.41 bits per heavy atom. The third-order valence-corrected chi connectivity index (χ3v) is 3.63. The van der Waals surface area contributed by atoms with Crippen LogP contribution in [-0.4, -0.2) is 74.2 Å². The monoisotopic (exact) mass is 239 g/mol. The first-order chi connectivity index (χ1) is 8.15. The molecule has 0 aromatic rings. The van der Waals surface area contributed by atoms with E-state index in [0.29, 0.717) is 12.1 Å². The SMILES string of the molecule is CC1CN=C(NCC(C)N2CCN(C)CC2)N1. The number of nitrogens with zero attached hydrogens (tertiary/aromatic N) is 3. The van der Waals surface area contributed by atoms with Gasteiger partial charge in [0.15, 0.2) is 5.96 Å². The van der Waals surface area contributed by atoms with E-state index in [1.165, 1.54) is 26.2 Å². The van der Waals surface area contributed by atoms with Gasteiger partial charge in [-0.25, -0.2) is 0 Å². The summed E-state index contributed by atoms with van der Waals surface area (Å²) in [5.41, 5.74) is 0. The van der Waals surface area contributed by atoms with E-state index >= 15 is 0 Å². The Morgan fingerprint density at radius 2 is 2.12 bits per heavy atom. The van der Waals surface area contributed by atoms with Crippen LogP contribution in [0.15, 0.2) is 4.99 Å². The molecule has 2 heterocycles. The lowest BCUT2D eigenvalue weighted by molar-refractivity contribution is 0.120. The zero-order chi connectivity index (χ0) is 12.3. The van der Waals surface area contributed by atoms with Gasteiger partial charge in [0.1, 0.15) is 0 Å². The molecule has 5 nitrogen and oxygen atoms in total. The van der Waals surface area contributed by atoms with E-state index in [9.17, 15) is 0 Å². The second-order valence-electron chi connectivity index (χ2n) is 5.30. The highest BCUT2D eigenvalue weighted by atomic mass is 15.3. The minimum Gasteiger partial charge on any atom is -0.355 e. The number of piperazine rings is 1. The summed E-state index contributed by atoms with van der Waals surface area (Å²) in [7, 11) is 2.19. The standard InChI is InChI=1S/C12H25N5/c1-10-8-13-12(15-10)14-9-11(2)17-6-4-16(3)5-7-17/h10-11H,4-9H2,1-3H3,(H2,13,14,15). The van der Waals surface area contributed by atoms with Crippen molar-refractivity contribution in [1.82, 2.24) is 20.4 Å². The Labute approximate surface area is 104 Å². The average molecular weight is 239 g/mol. The fraction of sp³-hybridized carbons (Fsp3) is 0.917. The van der Waals surface area contributed by atoms with Gasteiger partial charge in [0.25, 0.3) is 0 Å². The second-order valence-corrected chi connectivity index (χ2v) is 5.30. The molecule has 0 aromatic carbocycles. The summed E-state index contributed by atoms with van der Waals surface area (Å²) in [4.78, 5) is 9.35. The third kappa shape index (κ3) is 3.57. The average Bonchev–Trinajstić information content (AvgIpc) is 2.73. The normalized spacial score (nSPS) is 28.6. The topological polar surface area (TPSA) is 42.9 Å². The van der Waals surface area contributed by atoms with E-state index in [1.807, 2.05) is 0 Å². The lowest BCUT2D eigenvalue weighted by Crippen LogP contribution is -2.52. The lowest BCUT2D eigenvalue weighted by Gasteiger charge is -2.36. The molecule has 0 aromatic heterocycles.